The summed E-state index contributed by atoms with van der Waals surface area (Å²) in [5, 5.41) is 11.7. The molecule has 0 radical (unpaired) electrons. The first kappa shape index (κ1) is 20.5. The minimum atomic E-state index is 0.371. The Bertz CT molecular complexity index is 980. The van der Waals surface area contributed by atoms with Crippen LogP contribution in [0.3, 0.4) is 0 Å². The smallest absolute Gasteiger partial charge is 0.228 e. The third kappa shape index (κ3) is 4.36. The van der Waals surface area contributed by atoms with E-state index in [-0.39, 0.29) is 0 Å². The van der Waals surface area contributed by atoms with Crippen molar-refractivity contribution in [3.8, 4) is 0 Å². The summed E-state index contributed by atoms with van der Waals surface area (Å²) in [4.78, 5) is 16.5. The molecule has 160 valence electrons. The predicted molar refractivity (Wildman–Crippen MR) is 118 cm³/mol. The van der Waals surface area contributed by atoms with Crippen LogP contribution in [0, 0.1) is 6.92 Å². The van der Waals surface area contributed by atoms with Crippen molar-refractivity contribution in [2.45, 2.75) is 46.3 Å². The Hall–Kier alpha value is -2.78. The van der Waals surface area contributed by atoms with Crippen molar-refractivity contribution in [2.75, 3.05) is 36.5 Å². The summed E-state index contributed by atoms with van der Waals surface area (Å²) >= 11 is 0. The second-order valence-corrected chi connectivity index (χ2v) is 7.79. The molecular formula is C21H30N8O. The van der Waals surface area contributed by atoms with Crippen LogP contribution >= 0.6 is 0 Å². The van der Waals surface area contributed by atoms with E-state index < -0.39 is 0 Å². The molecule has 4 heterocycles. The second-order valence-electron chi connectivity index (χ2n) is 7.79. The van der Waals surface area contributed by atoms with Gasteiger partial charge in [-0.25, -0.2) is 9.97 Å². The Morgan fingerprint density at radius 3 is 2.70 bits per heavy atom. The first-order chi connectivity index (χ1) is 14.5. The van der Waals surface area contributed by atoms with Crippen LogP contribution in [-0.2, 0) is 11.3 Å². The minimum absolute atomic E-state index is 0.371. The van der Waals surface area contributed by atoms with Gasteiger partial charge in [0, 0.05) is 38.0 Å². The van der Waals surface area contributed by atoms with Crippen LogP contribution in [0.1, 0.15) is 26.5 Å². The molecule has 0 aliphatic carbocycles. The Morgan fingerprint density at radius 2 is 2.00 bits per heavy atom. The molecule has 0 spiro atoms. The van der Waals surface area contributed by atoms with Gasteiger partial charge in [0.2, 0.25) is 5.95 Å². The van der Waals surface area contributed by atoms with Gasteiger partial charge in [-0.3, -0.25) is 4.68 Å². The van der Waals surface area contributed by atoms with Crippen LogP contribution in [0.5, 0.6) is 0 Å². The molecule has 0 amide bonds. The van der Waals surface area contributed by atoms with E-state index in [0.717, 1.165) is 35.6 Å². The summed E-state index contributed by atoms with van der Waals surface area (Å²) < 4.78 is 7.48. The highest BCUT2D eigenvalue weighted by atomic mass is 16.5. The maximum absolute atomic E-state index is 5.55. The molecule has 3 aromatic rings. The zero-order valence-electron chi connectivity index (χ0n) is 18.1. The van der Waals surface area contributed by atoms with Gasteiger partial charge in [-0.1, -0.05) is 6.07 Å². The molecule has 1 aliphatic rings. The normalized spacial score (nSPS) is 19.4. The number of rotatable bonds is 7. The maximum atomic E-state index is 5.55. The van der Waals surface area contributed by atoms with E-state index in [1.54, 1.807) is 6.20 Å². The Balaban J connectivity index is 1.78. The van der Waals surface area contributed by atoms with Crippen LogP contribution in [0.25, 0.3) is 11.0 Å². The lowest BCUT2D eigenvalue weighted by Crippen LogP contribution is -2.54. The van der Waals surface area contributed by atoms with Crippen molar-refractivity contribution < 1.29 is 4.74 Å². The summed E-state index contributed by atoms with van der Waals surface area (Å²) in [6.07, 6.45) is 1.76. The SMILES string of the molecule is CCOCCn1nc(C)c2nc(N3C[C@@H](C)N[C@H](C)C3)nc(Nc3ccccn3)c21. The van der Waals surface area contributed by atoms with Gasteiger partial charge < -0.3 is 20.3 Å². The third-order valence-electron chi connectivity index (χ3n) is 5.15. The molecular weight excluding hydrogens is 380 g/mol. The first-order valence-electron chi connectivity index (χ1n) is 10.6. The molecule has 2 atom stereocenters. The highest BCUT2D eigenvalue weighted by Crippen LogP contribution is 2.28. The number of anilines is 3. The molecule has 9 heteroatoms. The zero-order chi connectivity index (χ0) is 21.1. The molecule has 9 nitrogen and oxygen atoms in total. The predicted octanol–water partition coefficient (Wildman–Crippen LogP) is 2.50. The van der Waals surface area contributed by atoms with Crippen molar-refractivity contribution in [2.24, 2.45) is 0 Å². The second kappa shape index (κ2) is 8.93. The van der Waals surface area contributed by atoms with Crippen molar-refractivity contribution in [3.05, 3.63) is 30.1 Å². The standard InChI is InChI=1S/C21H30N8O/c1-5-30-11-10-29-19-18(16(4)27-29)25-21(28-12-14(2)23-15(3)13-28)26-20(19)24-17-8-6-7-9-22-17/h6-9,14-15,23H,5,10-13H2,1-4H3,(H,22,24,25,26)/t14-,15-/m1/s1. The van der Waals surface area contributed by atoms with E-state index in [4.69, 9.17) is 19.8 Å². The molecule has 0 aromatic carbocycles. The van der Waals surface area contributed by atoms with Gasteiger partial charge in [0.25, 0.3) is 0 Å². The Morgan fingerprint density at radius 1 is 1.20 bits per heavy atom. The van der Waals surface area contributed by atoms with Gasteiger partial charge in [-0.2, -0.15) is 10.1 Å². The number of ether oxygens (including phenoxy) is 1. The van der Waals surface area contributed by atoms with Gasteiger partial charge in [-0.15, -0.1) is 0 Å². The molecule has 0 bridgehead atoms. The van der Waals surface area contributed by atoms with Crippen LogP contribution in [0.15, 0.2) is 24.4 Å². The lowest BCUT2D eigenvalue weighted by molar-refractivity contribution is 0.137. The van der Waals surface area contributed by atoms with E-state index in [1.807, 2.05) is 36.7 Å². The van der Waals surface area contributed by atoms with Crippen molar-refractivity contribution >= 4 is 28.6 Å². The van der Waals surface area contributed by atoms with E-state index in [2.05, 4.69) is 34.4 Å². The lowest BCUT2D eigenvalue weighted by Gasteiger charge is -2.36. The fourth-order valence-corrected chi connectivity index (χ4v) is 3.95. The van der Waals surface area contributed by atoms with E-state index in [0.29, 0.717) is 43.6 Å². The van der Waals surface area contributed by atoms with Crippen LogP contribution in [0.4, 0.5) is 17.6 Å². The number of hydrogen-bond donors (Lipinski definition) is 2. The third-order valence-corrected chi connectivity index (χ3v) is 5.15. The van der Waals surface area contributed by atoms with Gasteiger partial charge >= 0.3 is 0 Å². The molecule has 0 unspecified atom stereocenters. The van der Waals surface area contributed by atoms with Gasteiger partial charge in [0.05, 0.1) is 18.8 Å². The number of fused-ring (bicyclic) bond motifs is 1. The topological polar surface area (TPSA) is 93.0 Å². The van der Waals surface area contributed by atoms with Gasteiger partial charge in [0.15, 0.2) is 5.82 Å². The number of aryl methyl sites for hydroxylation is 1. The summed E-state index contributed by atoms with van der Waals surface area (Å²) in [6, 6.07) is 6.51. The number of hydrogen-bond acceptors (Lipinski definition) is 8. The fraction of sp³-hybridized carbons (Fsp3) is 0.524. The van der Waals surface area contributed by atoms with Gasteiger partial charge in [-0.05, 0) is 39.8 Å². The number of aromatic nitrogens is 5. The molecule has 4 rings (SSSR count). The molecule has 2 N–H and O–H groups in total. The summed E-state index contributed by atoms with van der Waals surface area (Å²) in [6.45, 7) is 12.0. The molecule has 1 aliphatic heterocycles. The zero-order valence-corrected chi connectivity index (χ0v) is 18.1. The van der Waals surface area contributed by atoms with Crippen molar-refractivity contribution in [1.29, 1.82) is 0 Å². The summed E-state index contributed by atoms with van der Waals surface area (Å²) in [5.41, 5.74) is 2.61. The molecule has 1 saturated heterocycles. The van der Waals surface area contributed by atoms with Crippen molar-refractivity contribution in [1.82, 2.24) is 30.0 Å². The quantitative estimate of drug-likeness (QED) is 0.574. The van der Waals surface area contributed by atoms with E-state index in [9.17, 15) is 0 Å². The lowest BCUT2D eigenvalue weighted by atomic mass is 10.1. The highest BCUT2D eigenvalue weighted by Gasteiger charge is 2.25. The van der Waals surface area contributed by atoms with Crippen LogP contribution < -0.4 is 15.5 Å². The van der Waals surface area contributed by atoms with Crippen molar-refractivity contribution in [3.63, 3.8) is 0 Å². The van der Waals surface area contributed by atoms with E-state index in [1.165, 1.54) is 0 Å². The average Bonchev–Trinajstić information content (AvgIpc) is 3.04. The minimum Gasteiger partial charge on any atom is -0.380 e. The molecule has 30 heavy (non-hydrogen) atoms. The number of piperazine rings is 1. The largest absolute Gasteiger partial charge is 0.380 e. The number of nitrogens with one attached hydrogen (secondary N) is 2. The molecule has 3 aromatic heterocycles. The van der Waals surface area contributed by atoms with Crippen LogP contribution in [-0.4, -0.2) is 63.1 Å². The monoisotopic (exact) mass is 410 g/mol. The Kier molecular flexibility index (Phi) is 6.10. The molecule has 1 fully saturated rings. The maximum Gasteiger partial charge on any atom is 0.228 e. The first-order valence-corrected chi connectivity index (χ1v) is 10.6. The number of nitrogens with zero attached hydrogens (tertiary/aromatic N) is 6. The summed E-state index contributed by atoms with van der Waals surface area (Å²) in [5.74, 6) is 2.17. The Labute approximate surface area is 176 Å². The van der Waals surface area contributed by atoms with E-state index >= 15 is 0 Å². The average molecular weight is 411 g/mol. The molecule has 0 saturated carbocycles. The highest BCUT2D eigenvalue weighted by molar-refractivity contribution is 5.90. The number of pyridine rings is 1. The fourth-order valence-electron chi connectivity index (χ4n) is 3.95. The summed E-state index contributed by atoms with van der Waals surface area (Å²) in [7, 11) is 0. The van der Waals surface area contributed by atoms with Gasteiger partial charge in [0.1, 0.15) is 16.9 Å². The van der Waals surface area contributed by atoms with Crippen LogP contribution in [0.2, 0.25) is 0 Å².